The van der Waals surface area contributed by atoms with E-state index in [1.165, 1.54) is 4.90 Å². The Morgan fingerprint density at radius 3 is 2.67 bits per heavy atom. The number of likely N-dealkylation sites (tertiary alicyclic amines) is 1. The molecule has 1 aliphatic carbocycles. The van der Waals surface area contributed by atoms with Gasteiger partial charge in [0.05, 0.1) is 12.5 Å². The molecule has 9 nitrogen and oxygen atoms in total. The average molecular weight is 411 g/mol. The Hall–Kier alpha value is -3.23. The molecule has 0 atom stereocenters. The van der Waals surface area contributed by atoms with Crippen molar-refractivity contribution in [2.24, 2.45) is 5.41 Å². The van der Waals surface area contributed by atoms with Gasteiger partial charge in [-0.2, -0.15) is 4.98 Å². The van der Waals surface area contributed by atoms with Gasteiger partial charge in [-0.05, 0) is 30.5 Å². The van der Waals surface area contributed by atoms with E-state index in [0.29, 0.717) is 12.2 Å². The van der Waals surface area contributed by atoms with Gasteiger partial charge >= 0.3 is 0 Å². The molecule has 0 radical (unpaired) electrons. The highest BCUT2D eigenvalue weighted by Crippen LogP contribution is 2.46. The van der Waals surface area contributed by atoms with Crippen LogP contribution in [0.1, 0.15) is 49.9 Å². The molecular weight excluding hydrogens is 386 g/mol. The minimum Gasteiger partial charge on any atom is -0.497 e. The summed E-state index contributed by atoms with van der Waals surface area (Å²) >= 11 is 0. The van der Waals surface area contributed by atoms with Crippen LogP contribution in [-0.4, -0.2) is 51.5 Å². The summed E-state index contributed by atoms with van der Waals surface area (Å²) in [6, 6.07) is 7.59. The van der Waals surface area contributed by atoms with E-state index >= 15 is 0 Å². The van der Waals surface area contributed by atoms with E-state index in [2.05, 4.69) is 20.5 Å². The van der Waals surface area contributed by atoms with Gasteiger partial charge in [0.15, 0.2) is 0 Å². The number of aromatic nitrogens is 3. The maximum absolute atomic E-state index is 12.7. The van der Waals surface area contributed by atoms with Gasteiger partial charge in [0, 0.05) is 25.8 Å². The minimum atomic E-state index is -0.506. The average Bonchev–Trinajstić information content (AvgIpc) is 3.43. The van der Waals surface area contributed by atoms with Crippen LogP contribution in [0.5, 0.6) is 5.75 Å². The normalized spacial score (nSPS) is 17.7. The zero-order chi connectivity index (χ0) is 21.1. The van der Waals surface area contributed by atoms with Gasteiger partial charge in [0.25, 0.3) is 0 Å². The molecule has 9 heteroatoms. The Balaban J connectivity index is 1.28. The summed E-state index contributed by atoms with van der Waals surface area (Å²) in [6.45, 7) is 0.0916. The van der Waals surface area contributed by atoms with Crippen molar-refractivity contribution >= 4 is 23.7 Å². The molecule has 1 aromatic heterocycles. The largest absolute Gasteiger partial charge is 0.497 e. The van der Waals surface area contributed by atoms with Crippen LogP contribution in [0, 0.1) is 5.41 Å². The Morgan fingerprint density at radius 2 is 1.97 bits per heavy atom. The summed E-state index contributed by atoms with van der Waals surface area (Å²) in [5, 5.41) is 9.44. The van der Waals surface area contributed by atoms with Crippen molar-refractivity contribution in [2.75, 3.05) is 19.0 Å². The number of amides is 3. The summed E-state index contributed by atoms with van der Waals surface area (Å²) < 4.78 is 5.14. The maximum Gasteiger partial charge on any atom is 0.248 e. The van der Waals surface area contributed by atoms with Crippen LogP contribution in [0.25, 0.3) is 0 Å². The third-order valence-electron chi connectivity index (χ3n) is 5.93. The Morgan fingerprint density at radius 1 is 1.23 bits per heavy atom. The number of aromatic amines is 1. The SMILES string of the molecule is COc1ccc(Cc2nc(NC(=O)CCN3C(=O)CC4(CCCC4)C3=O)n[nH]2)cc1. The zero-order valence-electron chi connectivity index (χ0n) is 16.9. The summed E-state index contributed by atoms with van der Waals surface area (Å²) in [5.41, 5.74) is 0.518. The van der Waals surface area contributed by atoms with Gasteiger partial charge in [0.1, 0.15) is 11.6 Å². The van der Waals surface area contributed by atoms with Crippen LogP contribution < -0.4 is 10.1 Å². The number of imide groups is 1. The summed E-state index contributed by atoms with van der Waals surface area (Å²) in [5.74, 6) is 0.946. The molecule has 1 spiro atoms. The molecule has 158 valence electrons. The molecule has 1 saturated heterocycles. The molecule has 0 bridgehead atoms. The highest BCUT2D eigenvalue weighted by molar-refractivity contribution is 6.06. The molecule has 2 N–H and O–H groups in total. The van der Waals surface area contributed by atoms with E-state index < -0.39 is 5.41 Å². The first-order valence-corrected chi connectivity index (χ1v) is 10.2. The number of rotatable bonds is 7. The number of nitrogens with zero attached hydrogens (tertiary/aromatic N) is 3. The first kappa shape index (κ1) is 20.1. The number of anilines is 1. The minimum absolute atomic E-state index is 0.0237. The van der Waals surface area contributed by atoms with Crippen molar-refractivity contribution in [3.8, 4) is 5.75 Å². The lowest BCUT2D eigenvalue weighted by atomic mass is 9.84. The molecule has 2 heterocycles. The first-order valence-electron chi connectivity index (χ1n) is 10.2. The quantitative estimate of drug-likeness (QED) is 0.674. The number of nitrogens with one attached hydrogen (secondary N) is 2. The van der Waals surface area contributed by atoms with Crippen molar-refractivity contribution in [2.45, 2.75) is 44.9 Å². The first-order chi connectivity index (χ1) is 14.5. The van der Waals surface area contributed by atoms with E-state index in [9.17, 15) is 14.4 Å². The highest BCUT2D eigenvalue weighted by atomic mass is 16.5. The summed E-state index contributed by atoms with van der Waals surface area (Å²) in [7, 11) is 1.61. The van der Waals surface area contributed by atoms with Crippen LogP contribution in [0.2, 0.25) is 0 Å². The monoisotopic (exact) mass is 411 g/mol. The predicted octanol–water partition coefficient (Wildman–Crippen LogP) is 2.05. The number of H-pyrrole nitrogens is 1. The maximum atomic E-state index is 12.7. The van der Waals surface area contributed by atoms with Crippen LogP contribution in [0.3, 0.4) is 0 Å². The second-order valence-corrected chi connectivity index (χ2v) is 7.94. The number of hydrogen-bond acceptors (Lipinski definition) is 6. The van der Waals surface area contributed by atoms with Crippen molar-refractivity contribution in [3.05, 3.63) is 35.7 Å². The number of carbonyl (C=O) groups excluding carboxylic acids is 3. The van der Waals surface area contributed by atoms with Gasteiger partial charge in [-0.15, -0.1) is 5.10 Å². The molecule has 3 amide bonds. The summed E-state index contributed by atoms with van der Waals surface area (Å²) in [6.07, 6.45) is 4.35. The van der Waals surface area contributed by atoms with Crippen LogP contribution in [0.15, 0.2) is 24.3 Å². The van der Waals surface area contributed by atoms with Gasteiger partial charge in [-0.25, -0.2) is 0 Å². The second kappa shape index (κ2) is 8.25. The Kier molecular flexibility index (Phi) is 5.52. The summed E-state index contributed by atoms with van der Waals surface area (Å²) in [4.78, 5) is 42.7. The molecule has 4 rings (SSSR count). The molecule has 2 fully saturated rings. The van der Waals surface area contributed by atoms with Crippen molar-refractivity contribution in [1.29, 1.82) is 0 Å². The fourth-order valence-corrected chi connectivity index (χ4v) is 4.30. The third-order valence-corrected chi connectivity index (χ3v) is 5.93. The predicted molar refractivity (Wildman–Crippen MR) is 108 cm³/mol. The fourth-order valence-electron chi connectivity index (χ4n) is 4.30. The van der Waals surface area contributed by atoms with Crippen molar-refractivity contribution in [1.82, 2.24) is 20.1 Å². The molecule has 1 saturated carbocycles. The number of carbonyl (C=O) groups is 3. The number of hydrogen-bond donors (Lipinski definition) is 2. The van der Waals surface area contributed by atoms with Gasteiger partial charge in [-0.1, -0.05) is 25.0 Å². The van der Waals surface area contributed by atoms with Crippen molar-refractivity contribution < 1.29 is 19.1 Å². The van der Waals surface area contributed by atoms with Crippen LogP contribution >= 0.6 is 0 Å². The Labute approximate surface area is 174 Å². The van der Waals surface area contributed by atoms with E-state index in [-0.39, 0.29) is 43.1 Å². The van der Waals surface area contributed by atoms with E-state index in [1.807, 2.05) is 24.3 Å². The van der Waals surface area contributed by atoms with Gasteiger partial charge in [0.2, 0.25) is 23.7 Å². The number of ether oxygens (including phenoxy) is 1. The lowest BCUT2D eigenvalue weighted by molar-refractivity contribution is -0.141. The number of methoxy groups -OCH3 is 1. The molecule has 2 aliphatic rings. The molecular formula is C21H25N5O4. The standard InChI is InChI=1S/C21H25N5O4/c1-30-15-6-4-14(5-7-15)12-16-22-20(25-24-16)23-17(27)8-11-26-18(28)13-21(19(26)29)9-2-3-10-21/h4-7H,2-3,8-13H2,1H3,(H2,22,23,24,25,27). The van der Waals surface area contributed by atoms with Gasteiger partial charge < -0.3 is 4.74 Å². The molecule has 1 aliphatic heterocycles. The molecule has 2 aromatic rings. The second-order valence-electron chi connectivity index (χ2n) is 7.94. The highest BCUT2D eigenvalue weighted by Gasteiger charge is 2.52. The lowest BCUT2D eigenvalue weighted by Gasteiger charge is -2.20. The smallest absolute Gasteiger partial charge is 0.248 e. The van der Waals surface area contributed by atoms with Gasteiger partial charge in [-0.3, -0.25) is 29.7 Å². The molecule has 0 unspecified atom stereocenters. The van der Waals surface area contributed by atoms with E-state index in [0.717, 1.165) is 37.0 Å². The van der Waals surface area contributed by atoms with Crippen molar-refractivity contribution in [3.63, 3.8) is 0 Å². The third kappa shape index (κ3) is 4.05. The topological polar surface area (TPSA) is 117 Å². The zero-order valence-corrected chi connectivity index (χ0v) is 16.9. The van der Waals surface area contributed by atoms with E-state index in [1.54, 1.807) is 7.11 Å². The van der Waals surface area contributed by atoms with Crippen LogP contribution in [-0.2, 0) is 20.8 Å². The lowest BCUT2D eigenvalue weighted by Crippen LogP contribution is -2.36. The molecule has 1 aromatic carbocycles. The Bertz CT molecular complexity index is 947. The van der Waals surface area contributed by atoms with Crippen LogP contribution in [0.4, 0.5) is 5.95 Å². The number of benzene rings is 1. The van der Waals surface area contributed by atoms with E-state index in [4.69, 9.17) is 4.74 Å². The fraction of sp³-hybridized carbons (Fsp3) is 0.476. The molecule has 30 heavy (non-hydrogen) atoms.